The monoisotopic (exact) mass is 383 g/mol. The van der Waals surface area contributed by atoms with Crippen LogP contribution in [0.15, 0.2) is 12.1 Å². The van der Waals surface area contributed by atoms with Crippen molar-refractivity contribution in [3.63, 3.8) is 0 Å². The molecule has 0 bridgehead atoms. The summed E-state index contributed by atoms with van der Waals surface area (Å²) in [6.45, 7) is 0. The minimum absolute atomic E-state index is 0.0490. The lowest BCUT2D eigenvalue weighted by Crippen LogP contribution is -2.20. The van der Waals surface area contributed by atoms with Gasteiger partial charge in [-0.05, 0) is 48.4 Å². The first-order valence-corrected chi connectivity index (χ1v) is 8.78. The van der Waals surface area contributed by atoms with E-state index >= 15 is 0 Å². The molecule has 0 saturated heterocycles. The van der Waals surface area contributed by atoms with Gasteiger partial charge in [-0.3, -0.25) is 4.79 Å². The van der Waals surface area contributed by atoms with Crippen molar-refractivity contribution in [2.75, 3.05) is 20.0 Å². The van der Waals surface area contributed by atoms with Crippen LogP contribution in [0.25, 0.3) is 11.1 Å². The van der Waals surface area contributed by atoms with Crippen molar-refractivity contribution in [1.29, 1.82) is 5.26 Å². The average Bonchev–Trinajstić information content (AvgIpc) is 2.67. The Hall–Kier alpha value is -3.47. The second kappa shape index (κ2) is 7.64. The molecule has 1 aromatic carbocycles. The molecule has 1 aliphatic carbocycles. The molecule has 4 N–H and O–H groups in total. The van der Waals surface area contributed by atoms with Gasteiger partial charge in [0.1, 0.15) is 17.5 Å². The highest BCUT2D eigenvalue weighted by molar-refractivity contribution is 5.82. The number of phenolic OH excluding ortho intramolecular Hbond substituents is 1. The number of anilines is 1. The number of phenols is 1. The third-order valence-electron chi connectivity index (χ3n) is 5.04. The summed E-state index contributed by atoms with van der Waals surface area (Å²) in [7, 11) is 2.84. The van der Waals surface area contributed by atoms with Crippen LogP contribution in [-0.4, -0.2) is 35.4 Å². The number of aromatic nitrogens is 1. The van der Waals surface area contributed by atoms with Gasteiger partial charge in [-0.1, -0.05) is 0 Å². The second-order valence-corrected chi connectivity index (χ2v) is 6.72. The SMILES string of the molecule is COc1cc(-c2c(C#N)c(N)nc3c2CC(CC(=O)O)CC3)cc(OC)c1O. The second-order valence-electron chi connectivity index (χ2n) is 6.72. The van der Waals surface area contributed by atoms with Crippen molar-refractivity contribution in [3.05, 3.63) is 29.0 Å². The third-order valence-corrected chi connectivity index (χ3v) is 5.04. The Morgan fingerprint density at radius 1 is 1.36 bits per heavy atom. The number of carboxylic acids is 1. The maximum Gasteiger partial charge on any atom is 0.303 e. The quantitative estimate of drug-likeness (QED) is 0.716. The number of nitriles is 1. The molecule has 1 atom stereocenters. The van der Waals surface area contributed by atoms with E-state index in [0.717, 1.165) is 11.3 Å². The number of aryl methyl sites for hydroxylation is 1. The fraction of sp³-hybridized carbons (Fsp3) is 0.350. The zero-order chi connectivity index (χ0) is 20.4. The highest BCUT2D eigenvalue weighted by Crippen LogP contribution is 2.44. The highest BCUT2D eigenvalue weighted by Gasteiger charge is 2.28. The van der Waals surface area contributed by atoms with Gasteiger partial charge >= 0.3 is 5.97 Å². The third kappa shape index (κ3) is 3.39. The van der Waals surface area contributed by atoms with Gasteiger partial charge in [0.05, 0.1) is 14.2 Å². The van der Waals surface area contributed by atoms with Crippen LogP contribution in [0.5, 0.6) is 17.2 Å². The Morgan fingerprint density at radius 3 is 2.54 bits per heavy atom. The molecule has 0 aliphatic heterocycles. The molecule has 8 heteroatoms. The molecule has 2 aromatic rings. The first kappa shape index (κ1) is 19.3. The van der Waals surface area contributed by atoms with Crippen LogP contribution in [0.3, 0.4) is 0 Å². The van der Waals surface area contributed by atoms with Crippen LogP contribution in [0.2, 0.25) is 0 Å². The summed E-state index contributed by atoms with van der Waals surface area (Å²) >= 11 is 0. The fourth-order valence-electron chi connectivity index (χ4n) is 3.74. The minimum Gasteiger partial charge on any atom is -0.502 e. The summed E-state index contributed by atoms with van der Waals surface area (Å²) in [5.41, 5.74) is 8.99. The molecule has 1 heterocycles. The molecule has 28 heavy (non-hydrogen) atoms. The van der Waals surface area contributed by atoms with Gasteiger partial charge < -0.3 is 25.4 Å². The van der Waals surface area contributed by atoms with Crippen LogP contribution < -0.4 is 15.2 Å². The van der Waals surface area contributed by atoms with Crippen LogP contribution in [0.1, 0.15) is 29.7 Å². The Bertz CT molecular complexity index is 956. The van der Waals surface area contributed by atoms with Gasteiger partial charge in [-0.2, -0.15) is 5.26 Å². The van der Waals surface area contributed by atoms with Crippen molar-refractivity contribution in [3.8, 4) is 34.4 Å². The smallest absolute Gasteiger partial charge is 0.303 e. The maximum absolute atomic E-state index is 11.2. The van der Waals surface area contributed by atoms with Crippen LogP contribution in [-0.2, 0) is 17.6 Å². The summed E-state index contributed by atoms with van der Waals surface area (Å²) in [5.74, 6) is -0.542. The molecule has 3 rings (SSSR count). The molecule has 0 radical (unpaired) electrons. The Balaban J connectivity index is 2.25. The van der Waals surface area contributed by atoms with Crippen molar-refractivity contribution >= 4 is 11.8 Å². The van der Waals surface area contributed by atoms with E-state index in [1.165, 1.54) is 14.2 Å². The van der Waals surface area contributed by atoms with Crippen molar-refractivity contribution in [2.45, 2.75) is 25.7 Å². The molecule has 146 valence electrons. The number of nitrogen functional groups attached to an aromatic ring is 1. The molecule has 0 amide bonds. The number of pyridine rings is 1. The number of ether oxygens (including phenoxy) is 2. The molecule has 0 fully saturated rings. The number of hydrogen-bond donors (Lipinski definition) is 3. The van der Waals surface area contributed by atoms with Crippen LogP contribution >= 0.6 is 0 Å². The van der Waals surface area contributed by atoms with E-state index < -0.39 is 5.97 Å². The number of benzene rings is 1. The molecule has 0 spiro atoms. The fourth-order valence-corrected chi connectivity index (χ4v) is 3.74. The van der Waals surface area contributed by atoms with E-state index in [4.69, 9.17) is 20.3 Å². The van der Waals surface area contributed by atoms with E-state index in [0.29, 0.717) is 30.4 Å². The van der Waals surface area contributed by atoms with E-state index in [2.05, 4.69) is 11.1 Å². The number of aliphatic carboxylic acids is 1. The van der Waals surface area contributed by atoms with Gasteiger partial charge in [-0.25, -0.2) is 4.98 Å². The first-order chi connectivity index (χ1) is 13.4. The zero-order valence-corrected chi connectivity index (χ0v) is 15.7. The number of nitrogens with zero attached hydrogens (tertiary/aromatic N) is 2. The summed E-state index contributed by atoms with van der Waals surface area (Å²) in [6, 6.07) is 5.32. The minimum atomic E-state index is -0.855. The Kier molecular flexibility index (Phi) is 5.27. The molecule has 0 saturated carbocycles. The summed E-state index contributed by atoms with van der Waals surface area (Å²) in [5, 5.41) is 29.1. The van der Waals surface area contributed by atoms with Gasteiger partial charge in [0, 0.05) is 17.7 Å². The summed E-state index contributed by atoms with van der Waals surface area (Å²) in [4.78, 5) is 15.6. The van der Waals surface area contributed by atoms with Gasteiger partial charge in [0.2, 0.25) is 5.75 Å². The molecule has 1 aromatic heterocycles. The zero-order valence-electron chi connectivity index (χ0n) is 15.7. The van der Waals surface area contributed by atoms with Gasteiger partial charge in [-0.15, -0.1) is 0 Å². The summed E-state index contributed by atoms with van der Waals surface area (Å²) in [6.07, 6.45) is 1.81. The van der Waals surface area contributed by atoms with Gasteiger partial charge in [0.25, 0.3) is 0 Å². The van der Waals surface area contributed by atoms with E-state index in [1.54, 1.807) is 12.1 Å². The number of nitrogens with two attached hydrogens (primary N) is 1. The van der Waals surface area contributed by atoms with E-state index in [-0.39, 0.29) is 41.0 Å². The highest BCUT2D eigenvalue weighted by atomic mass is 16.5. The van der Waals surface area contributed by atoms with Gasteiger partial charge in [0.15, 0.2) is 11.5 Å². The molecule has 1 aliphatic rings. The molecule has 1 unspecified atom stereocenters. The topological polar surface area (TPSA) is 139 Å². The Morgan fingerprint density at radius 2 is 2.00 bits per heavy atom. The number of aromatic hydroxyl groups is 1. The maximum atomic E-state index is 11.2. The Labute approximate surface area is 162 Å². The molecule has 8 nitrogen and oxygen atoms in total. The predicted octanol–water partition coefficient (Wildman–Crippen LogP) is 2.50. The van der Waals surface area contributed by atoms with Crippen molar-refractivity contribution < 1.29 is 24.5 Å². The lowest BCUT2D eigenvalue weighted by molar-refractivity contribution is -0.138. The average molecular weight is 383 g/mol. The molecular formula is C20H21N3O5. The number of fused-ring (bicyclic) bond motifs is 1. The number of rotatable bonds is 5. The number of methoxy groups -OCH3 is 2. The van der Waals surface area contributed by atoms with Crippen LogP contribution in [0.4, 0.5) is 5.82 Å². The number of carbonyl (C=O) groups is 1. The number of carboxylic acid groups (broad SMARTS) is 1. The number of hydrogen-bond acceptors (Lipinski definition) is 7. The lowest BCUT2D eigenvalue weighted by Gasteiger charge is -2.26. The van der Waals surface area contributed by atoms with Crippen molar-refractivity contribution in [2.24, 2.45) is 5.92 Å². The standard InChI is InChI=1S/C20H21N3O5/c1-27-15-7-11(8-16(28-2)19(15)26)18-12-5-10(6-17(24)25)3-4-14(12)23-20(22)13(18)9-21/h7-8,10,26H,3-6H2,1-2H3,(H2,22,23)(H,24,25). The van der Waals surface area contributed by atoms with E-state index in [9.17, 15) is 15.2 Å². The van der Waals surface area contributed by atoms with E-state index in [1.807, 2.05) is 0 Å². The lowest BCUT2D eigenvalue weighted by atomic mass is 9.80. The van der Waals surface area contributed by atoms with Crippen molar-refractivity contribution in [1.82, 2.24) is 4.98 Å². The van der Waals surface area contributed by atoms with Crippen LogP contribution in [0, 0.1) is 17.2 Å². The predicted molar refractivity (Wildman–Crippen MR) is 101 cm³/mol. The largest absolute Gasteiger partial charge is 0.502 e. The summed E-state index contributed by atoms with van der Waals surface area (Å²) < 4.78 is 10.5. The first-order valence-electron chi connectivity index (χ1n) is 8.78. The molecular weight excluding hydrogens is 362 g/mol. The normalized spacial score (nSPS) is 15.4.